The highest BCUT2D eigenvalue weighted by Gasteiger charge is 2.09. The van der Waals surface area contributed by atoms with Crippen molar-refractivity contribution in [2.24, 2.45) is 5.10 Å². The summed E-state index contributed by atoms with van der Waals surface area (Å²) in [6, 6.07) is 9.57. The molecule has 9 heteroatoms. The van der Waals surface area contributed by atoms with Gasteiger partial charge in [-0.3, -0.25) is 0 Å². The molecule has 26 heavy (non-hydrogen) atoms. The molecule has 3 N–H and O–H groups in total. The van der Waals surface area contributed by atoms with Crippen molar-refractivity contribution >= 4 is 66.1 Å². The molecule has 0 unspecified atom stereocenters. The zero-order valence-corrected chi connectivity index (χ0v) is 16.6. The fraction of sp³-hybridized carbons (Fsp3) is 0.0588. The molecule has 4 rings (SSSR count). The molecule has 130 valence electrons. The summed E-state index contributed by atoms with van der Waals surface area (Å²) in [6.45, 7) is 2.03. The van der Waals surface area contributed by atoms with Crippen molar-refractivity contribution in [2.45, 2.75) is 6.92 Å². The van der Waals surface area contributed by atoms with Gasteiger partial charge in [-0.15, -0.1) is 10.2 Å². The fourth-order valence-electron chi connectivity index (χ4n) is 2.56. The van der Waals surface area contributed by atoms with Gasteiger partial charge in [0.25, 0.3) is 5.95 Å². The molecule has 2 aromatic carbocycles. The first kappa shape index (κ1) is 16.9. The average Bonchev–Trinajstić information content (AvgIpc) is 2.96. The van der Waals surface area contributed by atoms with E-state index < -0.39 is 0 Å². The second kappa shape index (κ2) is 6.65. The van der Waals surface area contributed by atoms with Gasteiger partial charge in [0, 0.05) is 10.9 Å². The minimum Gasteiger partial charge on any atom is -0.506 e. The third-order valence-corrected chi connectivity index (χ3v) is 5.00. The molecule has 0 fully saturated rings. The van der Waals surface area contributed by atoms with Crippen LogP contribution in [0.2, 0.25) is 0 Å². The first-order chi connectivity index (χ1) is 12.5. The molecular weight excluding hydrogens is 464 g/mol. The first-order valence-electron chi connectivity index (χ1n) is 7.61. The number of aryl methyl sites for hydroxylation is 1. The zero-order chi connectivity index (χ0) is 18.3. The van der Waals surface area contributed by atoms with E-state index in [1.807, 2.05) is 19.1 Å². The summed E-state index contributed by atoms with van der Waals surface area (Å²) in [5.41, 5.74) is 7.04. The van der Waals surface area contributed by atoms with Crippen molar-refractivity contribution in [1.29, 1.82) is 0 Å². The SMILES string of the molecule is Cc1ccc2[nH]c3nc(N/N=C\c4cc(Br)c(O)c(Br)c4)nnc3c2c1. The lowest BCUT2D eigenvalue weighted by Crippen LogP contribution is -1.99. The number of hydrogen-bond donors (Lipinski definition) is 3. The van der Waals surface area contributed by atoms with E-state index in [9.17, 15) is 5.11 Å². The predicted octanol–water partition coefficient (Wildman–Crippen LogP) is 4.49. The van der Waals surface area contributed by atoms with Crippen LogP contribution in [-0.2, 0) is 0 Å². The van der Waals surface area contributed by atoms with Crippen molar-refractivity contribution in [3.63, 3.8) is 0 Å². The molecule has 4 aromatic rings. The van der Waals surface area contributed by atoms with E-state index in [1.54, 1.807) is 18.3 Å². The molecular formula is C17H12Br2N6O. The van der Waals surface area contributed by atoms with Crippen LogP contribution in [0.1, 0.15) is 11.1 Å². The Balaban J connectivity index is 1.60. The number of anilines is 1. The number of rotatable bonds is 3. The number of H-pyrrole nitrogens is 1. The summed E-state index contributed by atoms with van der Waals surface area (Å²) < 4.78 is 1.14. The van der Waals surface area contributed by atoms with Gasteiger partial charge in [-0.2, -0.15) is 10.1 Å². The summed E-state index contributed by atoms with van der Waals surface area (Å²) >= 11 is 6.56. The number of aromatic nitrogens is 4. The Labute approximate surface area is 164 Å². The van der Waals surface area contributed by atoms with Gasteiger partial charge < -0.3 is 10.1 Å². The standard InChI is InChI=1S/C17H12Br2N6O/c1-8-2-3-13-10(4-8)14-16(21-13)22-17(25-23-14)24-20-7-9-5-11(18)15(26)12(19)6-9/h2-7,26H,1H3,(H2,21,22,24,25)/b20-7-. The van der Waals surface area contributed by atoms with Crippen LogP contribution in [0.3, 0.4) is 0 Å². The highest BCUT2D eigenvalue weighted by molar-refractivity contribution is 9.11. The Bertz CT molecular complexity index is 1150. The van der Waals surface area contributed by atoms with Crippen molar-refractivity contribution in [1.82, 2.24) is 20.2 Å². The predicted molar refractivity (Wildman–Crippen MR) is 109 cm³/mol. The summed E-state index contributed by atoms with van der Waals surface area (Å²) in [6.07, 6.45) is 1.59. The molecule has 7 nitrogen and oxygen atoms in total. The minimum atomic E-state index is 0.141. The van der Waals surface area contributed by atoms with Gasteiger partial charge in [0.2, 0.25) is 0 Å². The quantitative estimate of drug-likeness (QED) is 0.299. The molecule has 0 aliphatic carbocycles. The fourth-order valence-corrected chi connectivity index (χ4v) is 3.78. The Morgan fingerprint density at radius 3 is 2.69 bits per heavy atom. The van der Waals surface area contributed by atoms with E-state index in [1.165, 1.54) is 0 Å². The maximum atomic E-state index is 9.73. The van der Waals surface area contributed by atoms with E-state index in [0.29, 0.717) is 14.6 Å². The van der Waals surface area contributed by atoms with Crippen LogP contribution in [0, 0.1) is 6.92 Å². The van der Waals surface area contributed by atoms with Gasteiger partial charge in [0.05, 0.1) is 15.2 Å². The van der Waals surface area contributed by atoms with Crippen molar-refractivity contribution in [2.75, 3.05) is 5.43 Å². The molecule has 0 aliphatic heterocycles. The van der Waals surface area contributed by atoms with Crippen molar-refractivity contribution in [3.05, 3.63) is 50.4 Å². The maximum absolute atomic E-state index is 9.73. The summed E-state index contributed by atoms with van der Waals surface area (Å²) in [5, 5.41) is 23.2. The Morgan fingerprint density at radius 2 is 1.92 bits per heavy atom. The molecule has 0 bridgehead atoms. The average molecular weight is 476 g/mol. The molecule has 0 amide bonds. The Morgan fingerprint density at radius 1 is 1.15 bits per heavy atom. The molecule has 0 atom stereocenters. The number of halogens is 2. The molecule has 0 spiro atoms. The topological polar surface area (TPSA) is 99.1 Å². The van der Waals surface area contributed by atoms with Gasteiger partial charge in [-0.05, 0) is 68.6 Å². The number of hydrazone groups is 1. The normalized spacial score (nSPS) is 11.7. The number of nitrogens with zero attached hydrogens (tertiary/aromatic N) is 4. The number of hydrogen-bond acceptors (Lipinski definition) is 6. The molecule has 0 aliphatic rings. The van der Waals surface area contributed by atoms with Gasteiger partial charge in [-0.1, -0.05) is 11.6 Å². The van der Waals surface area contributed by atoms with Crippen LogP contribution in [0.4, 0.5) is 5.95 Å². The van der Waals surface area contributed by atoms with E-state index in [2.05, 4.69) is 68.6 Å². The number of nitrogens with one attached hydrogen (secondary N) is 2. The highest BCUT2D eigenvalue weighted by atomic mass is 79.9. The van der Waals surface area contributed by atoms with Gasteiger partial charge in [0.15, 0.2) is 5.65 Å². The van der Waals surface area contributed by atoms with Crippen molar-refractivity contribution < 1.29 is 5.11 Å². The summed E-state index contributed by atoms with van der Waals surface area (Å²) in [4.78, 5) is 7.64. The molecule has 2 heterocycles. The minimum absolute atomic E-state index is 0.141. The Hall–Kier alpha value is -2.52. The smallest absolute Gasteiger partial charge is 0.265 e. The number of phenols is 1. The first-order valence-corrected chi connectivity index (χ1v) is 9.20. The largest absolute Gasteiger partial charge is 0.506 e. The number of fused-ring (bicyclic) bond motifs is 3. The van der Waals surface area contributed by atoms with Crippen LogP contribution < -0.4 is 5.43 Å². The van der Waals surface area contributed by atoms with Crippen molar-refractivity contribution in [3.8, 4) is 5.75 Å². The van der Waals surface area contributed by atoms with Gasteiger partial charge in [0.1, 0.15) is 11.3 Å². The number of phenolic OH excluding ortho intramolecular Hbond substituents is 1. The third-order valence-electron chi connectivity index (χ3n) is 3.79. The monoisotopic (exact) mass is 474 g/mol. The highest BCUT2D eigenvalue weighted by Crippen LogP contribution is 2.32. The number of aromatic hydroxyl groups is 1. The van der Waals surface area contributed by atoms with Crippen LogP contribution in [0.15, 0.2) is 44.4 Å². The second-order valence-electron chi connectivity index (χ2n) is 5.71. The van der Waals surface area contributed by atoms with E-state index in [4.69, 9.17) is 0 Å². The lowest BCUT2D eigenvalue weighted by atomic mass is 10.2. The summed E-state index contributed by atoms with van der Waals surface area (Å²) in [5.74, 6) is 0.427. The lowest BCUT2D eigenvalue weighted by Gasteiger charge is -2.02. The van der Waals surface area contributed by atoms with Gasteiger partial charge >= 0.3 is 0 Å². The van der Waals surface area contributed by atoms with E-state index in [-0.39, 0.29) is 11.7 Å². The third kappa shape index (κ3) is 3.15. The van der Waals surface area contributed by atoms with Gasteiger partial charge in [-0.25, -0.2) is 5.43 Å². The van der Waals surface area contributed by atoms with E-state index >= 15 is 0 Å². The summed E-state index contributed by atoms with van der Waals surface area (Å²) in [7, 11) is 0. The molecule has 0 radical (unpaired) electrons. The lowest BCUT2D eigenvalue weighted by molar-refractivity contribution is 0.468. The van der Waals surface area contributed by atoms with Crippen LogP contribution >= 0.6 is 31.9 Å². The van der Waals surface area contributed by atoms with Crippen LogP contribution in [0.5, 0.6) is 5.75 Å². The molecule has 0 saturated carbocycles. The maximum Gasteiger partial charge on any atom is 0.265 e. The van der Waals surface area contributed by atoms with Crippen LogP contribution in [0.25, 0.3) is 22.1 Å². The number of benzene rings is 2. The van der Waals surface area contributed by atoms with E-state index in [0.717, 1.165) is 27.5 Å². The molecule has 2 aromatic heterocycles. The number of aromatic amines is 1. The zero-order valence-electron chi connectivity index (χ0n) is 13.5. The Kier molecular flexibility index (Phi) is 4.33. The molecule has 0 saturated heterocycles. The second-order valence-corrected chi connectivity index (χ2v) is 7.42. The van der Waals surface area contributed by atoms with Crippen LogP contribution in [-0.4, -0.2) is 31.5 Å².